The molecule has 2 atom stereocenters. The Balaban J connectivity index is 1.72. The molecular weight excluding hydrogens is 416 g/mol. The van der Waals surface area contributed by atoms with Crippen molar-refractivity contribution in [1.82, 2.24) is 14.8 Å². The summed E-state index contributed by atoms with van der Waals surface area (Å²) in [6.45, 7) is 4.49. The molecule has 1 aliphatic heterocycles. The highest BCUT2D eigenvalue weighted by Crippen LogP contribution is 2.59. The Hall–Kier alpha value is -1.96. The van der Waals surface area contributed by atoms with Gasteiger partial charge in [0, 0.05) is 28.0 Å². The number of hydrogen-bond acceptors (Lipinski definition) is 4. The van der Waals surface area contributed by atoms with Crippen LogP contribution in [-0.4, -0.2) is 20.5 Å². The van der Waals surface area contributed by atoms with E-state index in [1.165, 1.54) is 18.5 Å². The summed E-state index contributed by atoms with van der Waals surface area (Å²) in [5.41, 5.74) is -0.00241. The zero-order valence-corrected chi connectivity index (χ0v) is 17.6. The molecule has 1 aliphatic rings. The fourth-order valence-electron chi connectivity index (χ4n) is 3.36. The van der Waals surface area contributed by atoms with Crippen LogP contribution in [0, 0.1) is 17.6 Å². The molecule has 0 radical (unpaired) electrons. The average Bonchev–Trinajstić information content (AvgIpc) is 3.20. The lowest BCUT2D eigenvalue weighted by Crippen LogP contribution is -2.22. The van der Waals surface area contributed by atoms with Crippen LogP contribution in [0.1, 0.15) is 31.1 Å². The monoisotopic (exact) mass is 435 g/mol. The van der Waals surface area contributed by atoms with Gasteiger partial charge in [0.1, 0.15) is 29.7 Å². The first-order chi connectivity index (χ1) is 13.9. The predicted molar refractivity (Wildman–Crippen MR) is 109 cm³/mol. The van der Waals surface area contributed by atoms with Crippen LogP contribution in [0.4, 0.5) is 8.78 Å². The van der Waals surface area contributed by atoms with Crippen molar-refractivity contribution in [2.24, 2.45) is 5.92 Å². The summed E-state index contributed by atoms with van der Waals surface area (Å²) in [4.78, 5) is 4.33. The minimum atomic E-state index is -1.04. The van der Waals surface area contributed by atoms with E-state index in [1.54, 1.807) is 22.5 Å². The molecule has 4 rings (SSSR count). The maximum absolute atomic E-state index is 14.8. The van der Waals surface area contributed by atoms with E-state index in [2.05, 4.69) is 23.9 Å². The number of aromatic nitrogens is 3. The van der Waals surface area contributed by atoms with Gasteiger partial charge >= 0.3 is 0 Å². The van der Waals surface area contributed by atoms with Gasteiger partial charge in [0.15, 0.2) is 5.16 Å². The number of benzene rings is 2. The Labute approximate surface area is 177 Å². The fourth-order valence-corrected chi connectivity index (χ4v) is 4.46. The van der Waals surface area contributed by atoms with Crippen molar-refractivity contribution in [3.63, 3.8) is 0 Å². The first-order valence-electron chi connectivity index (χ1n) is 9.29. The van der Waals surface area contributed by atoms with Gasteiger partial charge < -0.3 is 4.74 Å². The summed E-state index contributed by atoms with van der Waals surface area (Å²) in [6, 6.07) is 10.8. The maximum atomic E-state index is 14.8. The van der Waals surface area contributed by atoms with Crippen molar-refractivity contribution in [1.29, 1.82) is 0 Å². The molecule has 0 saturated carbocycles. The van der Waals surface area contributed by atoms with Crippen LogP contribution in [0.15, 0.2) is 53.9 Å². The third-order valence-corrected chi connectivity index (χ3v) is 6.53. The van der Waals surface area contributed by atoms with Crippen LogP contribution in [0.3, 0.4) is 0 Å². The summed E-state index contributed by atoms with van der Waals surface area (Å²) in [6.07, 6.45) is 1.01. The second kappa shape index (κ2) is 8.05. The molecule has 2 aromatic carbocycles. The first-order valence-corrected chi connectivity index (χ1v) is 10.7. The average molecular weight is 436 g/mol. The number of rotatable bonds is 7. The second-order valence-corrected chi connectivity index (χ2v) is 8.83. The molecule has 0 bridgehead atoms. The van der Waals surface area contributed by atoms with E-state index in [1.807, 2.05) is 18.2 Å². The summed E-state index contributed by atoms with van der Waals surface area (Å²) in [5, 5.41) is 5.59. The normalized spacial score (nSPS) is 21.0. The summed E-state index contributed by atoms with van der Waals surface area (Å²) >= 11 is 7.95. The van der Waals surface area contributed by atoms with Crippen molar-refractivity contribution in [2.45, 2.75) is 37.3 Å². The van der Waals surface area contributed by atoms with Gasteiger partial charge in [0.2, 0.25) is 0 Å². The molecule has 0 N–H and O–H groups in total. The third-order valence-electron chi connectivity index (χ3n) is 4.78. The number of hydrogen-bond donors (Lipinski definition) is 0. The van der Waals surface area contributed by atoms with Crippen molar-refractivity contribution in [3.8, 4) is 0 Å². The van der Waals surface area contributed by atoms with Crippen molar-refractivity contribution < 1.29 is 13.5 Å². The number of halogens is 3. The third kappa shape index (κ3) is 4.04. The van der Waals surface area contributed by atoms with Gasteiger partial charge in [-0.05, 0) is 18.1 Å². The van der Waals surface area contributed by atoms with E-state index < -0.39 is 23.3 Å². The largest absolute Gasteiger partial charge is 0.354 e. The molecule has 0 aliphatic carbocycles. The Kier molecular flexibility index (Phi) is 5.64. The van der Waals surface area contributed by atoms with E-state index in [9.17, 15) is 8.78 Å². The van der Waals surface area contributed by atoms with Gasteiger partial charge in [-0.1, -0.05) is 61.5 Å². The Bertz CT molecular complexity index is 1030. The first kappa shape index (κ1) is 20.3. The van der Waals surface area contributed by atoms with Gasteiger partial charge in [0.05, 0.1) is 6.54 Å². The molecule has 8 heteroatoms. The van der Waals surface area contributed by atoms with Crippen LogP contribution < -0.4 is 0 Å². The highest BCUT2D eigenvalue weighted by molar-refractivity contribution is 7.99. The molecule has 1 saturated heterocycles. The van der Waals surface area contributed by atoms with Crippen LogP contribution in [-0.2, 0) is 16.9 Å². The number of nitrogens with zero attached hydrogens (tertiary/aromatic N) is 3. The van der Waals surface area contributed by atoms with Crippen molar-refractivity contribution in [2.75, 3.05) is 5.75 Å². The highest BCUT2D eigenvalue weighted by Gasteiger charge is 2.61. The lowest BCUT2D eigenvalue weighted by Gasteiger charge is -2.17. The molecule has 3 aromatic rings. The van der Waals surface area contributed by atoms with Crippen LogP contribution in [0.5, 0.6) is 0 Å². The van der Waals surface area contributed by atoms with Crippen LogP contribution in [0.25, 0.3) is 0 Å². The zero-order chi connectivity index (χ0) is 20.6. The molecular formula is C21H20ClF2N3OS. The van der Waals surface area contributed by atoms with Gasteiger partial charge in [-0.3, -0.25) is 0 Å². The molecule has 0 amide bonds. The van der Waals surface area contributed by atoms with Crippen molar-refractivity contribution >= 4 is 23.4 Å². The van der Waals surface area contributed by atoms with E-state index in [0.29, 0.717) is 10.9 Å². The molecule has 0 spiro atoms. The Morgan fingerprint density at radius 1 is 1.24 bits per heavy atom. The van der Waals surface area contributed by atoms with Gasteiger partial charge in [-0.15, -0.1) is 0 Å². The van der Waals surface area contributed by atoms with Crippen LogP contribution in [0.2, 0.25) is 5.02 Å². The standard InChI is InChI=1S/C21H20ClF2N3OS/c1-13(2)10-29-20-25-12-26-27(20)11-21(16-8-7-14(23)9-18(16)24)19(28-21)15-5-3-4-6-17(15)22/h3-9,12-13,19H,10-11H2,1-2H3/t19-,21+/m1/s1. The Morgan fingerprint density at radius 2 is 2.03 bits per heavy atom. The van der Waals surface area contributed by atoms with Gasteiger partial charge in [0.25, 0.3) is 0 Å². The number of thioether (sulfide) groups is 1. The molecule has 1 fully saturated rings. The Morgan fingerprint density at radius 3 is 2.76 bits per heavy atom. The minimum absolute atomic E-state index is 0.242. The topological polar surface area (TPSA) is 43.2 Å². The summed E-state index contributed by atoms with van der Waals surface area (Å²) < 4.78 is 36.1. The predicted octanol–water partition coefficient (Wildman–Crippen LogP) is 5.62. The molecule has 152 valence electrons. The van der Waals surface area contributed by atoms with E-state index in [-0.39, 0.29) is 12.1 Å². The molecule has 1 aromatic heterocycles. The molecule has 2 heterocycles. The summed E-state index contributed by atoms with van der Waals surface area (Å²) in [7, 11) is 0. The molecule has 29 heavy (non-hydrogen) atoms. The number of ether oxygens (including phenoxy) is 1. The lowest BCUT2D eigenvalue weighted by molar-refractivity contribution is 0.250. The molecule has 4 nitrogen and oxygen atoms in total. The van der Waals surface area contributed by atoms with Gasteiger partial charge in [-0.25, -0.2) is 18.4 Å². The quantitative estimate of drug-likeness (QED) is 0.356. The van der Waals surface area contributed by atoms with E-state index in [0.717, 1.165) is 22.5 Å². The second-order valence-electron chi connectivity index (χ2n) is 7.44. The van der Waals surface area contributed by atoms with Crippen molar-refractivity contribution in [3.05, 3.63) is 76.6 Å². The smallest absolute Gasteiger partial charge is 0.186 e. The fraction of sp³-hybridized carbons (Fsp3) is 0.333. The van der Waals surface area contributed by atoms with Crippen LogP contribution >= 0.6 is 23.4 Å². The number of epoxide rings is 1. The summed E-state index contributed by atoms with van der Waals surface area (Å²) in [5.74, 6) is 0.0776. The molecule has 0 unspecified atom stereocenters. The zero-order valence-electron chi connectivity index (χ0n) is 16.0. The minimum Gasteiger partial charge on any atom is -0.354 e. The van der Waals surface area contributed by atoms with E-state index in [4.69, 9.17) is 16.3 Å². The highest BCUT2D eigenvalue weighted by atomic mass is 35.5. The maximum Gasteiger partial charge on any atom is 0.186 e. The lowest BCUT2D eigenvalue weighted by atomic mass is 9.91. The SMILES string of the molecule is CC(C)CSc1ncnn1C[C@@]1(c2ccc(F)cc2F)O[C@@H]1c1ccccc1Cl. The van der Waals surface area contributed by atoms with Gasteiger partial charge in [-0.2, -0.15) is 5.10 Å². The van der Waals surface area contributed by atoms with E-state index >= 15 is 0 Å².